The van der Waals surface area contributed by atoms with Gasteiger partial charge in [0.1, 0.15) is 5.75 Å². The summed E-state index contributed by atoms with van der Waals surface area (Å²) < 4.78 is 5.77. The molecule has 0 spiro atoms. The SMILES string of the molecule is Cc1cccc(OC(C)C(=O)NNC(=O)c2ccccc2SCC(=O)NCC2CCCCC2)c1C. The van der Waals surface area contributed by atoms with Crippen LogP contribution in [0.1, 0.15) is 60.5 Å². The zero-order valence-electron chi connectivity index (χ0n) is 20.7. The van der Waals surface area contributed by atoms with Gasteiger partial charge in [0, 0.05) is 11.4 Å². The summed E-state index contributed by atoms with van der Waals surface area (Å²) in [5, 5.41) is 3.02. The van der Waals surface area contributed by atoms with E-state index in [4.69, 9.17) is 4.74 Å². The predicted octanol–water partition coefficient (Wildman–Crippen LogP) is 4.32. The lowest BCUT2D eigenvalue weighted by molar-refractivity contribution is -0.128. The van der Waals surface area contributed by atoms with Crippen LogP contribution in [0.25, 0.3) is 0 Å². The second-order valence-corrected chi connectivity index (χ2v) is 10.0. The van der Waals surface area contributed by atoms with Crippen molar-refractivity contribution in [3.05, 3.63) is 59.2 Å². The minimum Gasteiger partial charge on any atom is -0.481 e. The van der Waals surface area contributed by atoms with Crippen molar-refractivity contribution in [2.75, 3.05) is 12.3 Å². The number of hydrazine groups is 1. The summed E-state index contributed by atoms with van der Waals surface area (Å²) in [7, 11) is 0. The molecule has 0 aromatic heterocycles. The molecule has 0 radical (unpaired) electrons. The molecule has 0 saturated heterocycles. The van der Waals surface area contributed by atoms with Gasteiger partial charge in [-0.1, -0.05) is 43.5 Å². The van der Waals surface area contributed by atoms with Gasteiger partial charge < -0.3 is 10.1 Å². The van der Waals surface area contributed by atoms with Gasteiger partial charge in [-0.15, -0.1) is 11.8 Å². The Morgan fingerprint density at radius 3 is 2.51 bits per heavy atom. The van der Waals surface area contributed by atoms with Gasteiger partial charge in [0.15, 0.2) is 6.10 Å². The van der Waals surface area contributed by atoms with E-state index < -0.39 is 17.9 Å². The zero-order chi connectivity index (χ0) is 25.2. The highest BCUT2D eigenvalue weighted by molar-refractivity contribution is 8.00. The summed E-state index contributed by atoms with van der Waals surface area (Å²) >= 11 is 1.31. The summed E-state index contributed by atoms with van der Waals surface area (Å²) in [5.74, 6) is 0.462. The third-order valence-corrected chi connectivity index (χ3v) is 7.40. The molecule has 1 aliphatic carbocycles. The van der Waals surface area contributed by atoms with Crippen LogP contribution in [-0.4, -0.2) is 36.1 Å². The van der Waals surface area contributed by atoms with Crippen LogP contribution in [0.4, 0.5) is 0 Å². The average Bonchev–Trinajstić information content (AvgIpc) is 2.88. The second kappa shape index (κ2) is 13.2. The van der Waals surface area contributed by atoms with Crippen molar-refractivity contribution in [3.8, 4) is 5.75 Å². The topological polar surface area (TPSA) is 96.5 Å². The number of carbonyl (C=O) groups excluding carboxylic acids is 3. The number of ether oxygens (including phenoxy) is 1. The van der Waals surface area contributed by atoms with Crippen LogP contribution in [0.2, 0.25) is 0 Å². The molecule has 0 aliphatic heterocycles. The van der Waals surface area contributed by atoms with E-state index in [-0.39, 0.29) is 11.7 Å². The maximum Gasteiger partial charge on any atom is 0.279 e. The minimum absolute atomic E-state index is 0.0403. The van der Waals surface area contributed by atoms with Crippen molar-refractivity contribution in [2.45, 2.75) is 63.9 Å². The molecule has 1 aliphatic rings. The largest absolute Gasteiger partial charge is 0.481 e. The van der Waals surface area contributed by atoms with Gasteiger partial charge >= 0.3 is 0 Å². The van der Waals surface area contributed by atoms with E-state index in [1.54, 1.807) is 25.1 Å². The average molecular weight is 498 g/mol. The first-order chi connectivity index (χ1) is 16.8. The Balaban J connectivity index is 1.48. The third-order valence-electron chi connectivity index (χ3n) is 6.33. The lowest BCUT2D eigenvalue weighted by Crippen LogP contribution is -2.47. The van der Waals surface area contributed by atoms with Crippen LogP contribution in [-0.2, 0) is 9.59 Å². The molecule has 0 heterocycles. The number of amides is 3. The molecule has 3 N–H and O–H groups in total. The second-order valence-electron chi connectivity index (χ2n) is 8.99. The molecule has 2 aromatic carbocycles. The van der Waals surface area contributed by atoms with E-state index >= 15 is 0 Å². The third kappa shape index (κ3) is 8.02. The van der Waals surface area contributed by atoms with Crippen molar-refractivity contribution in [1.82, 2.24) is 16.2 Å². The van der Waals surface area contributed by atoms with E-state index in [0.717, 1.165) is 17.7 Å². The van der Waals surface area contributed by atoms with Crippen molar-refractivity contribution in [2.24, 2.45) is 5.92 Å². The molecule has 2 aromatic rings. The van der Waals surface area contributed by atoms with Crippen molar-refractivity contribution in [1.29, 1.82) is 0 Å². The van der Waals surface area contributed by atoms with Gasteiger partial charge in [0.05, 0.1) is 11.3 Å². The van der Waals surface area contributed by atoms with Crippen molar-refractivity contribution < 1.29 is 19.1 Å². The van der Waals surface area contributed by atoms with Gasteiger partial charge in [-0.3, -0.25) is 25.2 Å². The fraction of sp³-hybridized carbons (Fsp3) is 0.444. The summed E-state index contributed by atoms with van der Waals surface area (Å²) in [4.78, 5) is 38.2. The van der Waals surface area contributed by atoms with Gasteiger partial charge in [-0.25, -0.2) is 0 Å². The van der Waals surface area contributed by atoms with E-state index in [1.165, 1.54) is 43.9 Å². The number of hydrogen-bond acceptors (Lipinski definition) is 5. The summed E-state index contributed by atoms with van der Waals surface area (Å²) in [6.07, 6.45) is 5.33. The lowest BCUT2D eigenvalue weighted by atomic mass is 9.89. The van der Waals surface area contributed by atoms with Crippen molar-refractivity contribution >= 4 is 29.5 Å². The molecule has 1 atom stereocenters. The number of nitrogens with one attached hydrogen (secondary N) is 3. The number of benzene rings is 2. The van der Waals surface area contributed by atoms with Gasteiger partial charge in [0.25, 0.3) is 11.8 Å². The Hall–Kier alpha value is -3.00. The highest BCUT2D eigenvalue weighted by Gasteiger charge is 2.19. The van der Waals surface area contributed by atoms with Crippen LogP contribution in [0.15, 0.2) is 47.4 Å². The molecule has 1 unspecified atom stereocenters. The van der Waals surface area contributed by atoms with E-state index in [2.05, 4.69) is 16.2 Å². The monoisotopic (exact) mass is 497 g/mol. The summed E-state index contributed by atoms with van der Waals surface area (Å²) in [6, 6.07) is 12.7. The Morgan fingerprint density at radius 1 is 1.00 bits per heavy atom. The fourth-order valence-corrected chi connectivity index (χ4v) is 4.89. The molecule has 35 heavy (non-hydrogen) atoms. The normalized spacial score (nSPS) is 14.6. The quantitative estimate of drug-likeness (QED) is 0.354. The van der Waals surface area contributed by atoms with Crippen LogP contribution in [0.5, 0.6) is 5.75 Å². The fourth-order valence-electron chi connectivity index (χ4n) is 4.01. The molecule has 3 rings (SSSR count). The van der Waals surface area contributed by atoms with Crippen LogP contribution >= 0.6 is 11.8 Å². The van der Waals surface area contributed by atoms with Crippen LogP contribution in [0.3, 0.4) is 0 Å². The maximum absolute atomic E-state index is 12.7. The Morgan fingerprint density at radius 2 is 1.74 bits per heavy atom. The predicted molar refractivity (Wildman–Crippen MR) is 138 cm³/mol. The van der Waals surface area contributed by atoms with Crippen LogP contribution in [0, 0.1) is 19.8 Å². The molecular weight excluding hydrogens is 462 g/mol. The number of hydrogen-bond donors (Lipinski definition) is 3. The molecule has 1 saturated carbocycles. The summed E-state index contributed by atoms with van der Waals surface area (Å²) in [5.41, 5.74) is 7.31. The van der Waals surface area contributed by atoms with Crippen molar-refractivity contribution in [3.63, 3.8) is 0 Å². The van der Waals surface area contributed by atoms with Gasteiger partial charge in [-0.2, -0.15) is 0 Å². The first kappa shape index (κ1) is 26.6. The Labute approximate surface area is 211 Å². The van der Waals surface area contributed by atoms with Gasteiger partial charge in [-0.05, 0) is 68.9 Å². The smallest absolute Gasteiger partial charge is 0.279 e. The number of rotatable bonds is 9. The Kier molecular flexibility index (Phi) is 10.0. The molecule has 0 bridgehead atoms. The minimum atomic E-state index is -0.798. The number of carbonyl (C=O) groups is 3. The lowest BCUT2D eigenvalue weighted by Gasteiger charge is -2.21. The first-order valence-electron chi connectivity index (χ1n) is 12.2. The molecule has 8 heteroatoms. The number of thioether (sulfide) groups is 1. The molecule has 188 valence electrons. The highest BCUT2D eigenvalue weighted by Crippen LogP contribution is 2.24. The van der Waals surface area contributed by atoms with E-state index in [9.17, 15) is 14.4 Å². The first-order valence-corrected chi connectivity index (χ1v) is 13.1. The van der Waals surface area contributed by atoms with Gasteiger partial charge in [0.2, 0.25) is 5.91 Å². The zero-order valence-corrected chi connectivity index (χ0v) is 21.5. The van der Waals surface area contributed by atoms with Crippen LogP contribution < -0.4 is 20.9 Å². The maximum atomic E-state index is 12.7. The molecular formula is C27H35N3O4S. The highest BCUT2D eigenvalue weighted by atomic mass is 32.2. The number of aryl methyl sites for hydroxylation is 1. The summed E-state index contributed by atoms with van der Waals surface area (Å²) in [6.45, 7) is 6.25. The molecule has 1 fully saturated rings. The Bertz CT molecular complexity index is 1040. The standard InChI is InChI=1S/C27H35N3O4S/c1-18-10-9-14-23(19(18)2)34-20(3)26(32)29-30-27(33)22-13-7-8-15-24(22)35-17-25(31)28-16-21-11-5-4-6-12-21/h7-10,13-15,20-21H,4-6,11-12,16-17H2,1-3H3,(H,28,31)(H,29,32)(H,30,33). The molecule has 7 nitrogen and oxygen atoms in total. The molecule has 3 amide bonds. The van der Waals surface area contributed by atoms with E-state index in [0.29, 0.717) is 22.1 Å². The van der Waals surface area contributed by atoms with E-state index in [1.807, 2.05) is 38.1 Å².